The lowest BCUT2D eigenvalue weighted by Gasteiger charge is -2.21. The van der Waals surface area contributed by atoms with Crippen LogP contribution in [0.1, 0.15) is 38.1 Å². The molecular formula is C12H20N2O4S. The lowest BCUT2D eigenvalue weighted by Crippen LogP contribution is -2.20. The number of aliphatic hydroxyl groups is 1. The van der Waals surface area contributed by atoms with Crippen LogP contribution < -0.4 is 4.74 Å². The first kappa shape index (κ1) is 14.3. The van der Waals surface area contributed by atoms with E-state index in [1.165, 1.54) is 7.11 Å². The third-order valence-corrected chi connectivity index (χ3v) is 5.30. The van der Waals surface area contributed by atoms with E-state index in [-0.39, 0.29) is 23.5 Å². The van der Waals surface area contributed by atoms with Crippen molar-refractivity contribution in [3.05, 3.63) is 11.9 Å². The lowest BCUT2D eigenvalue weighted by atomic mass is 9.98. The van der Waals surface area contributed by atoms with Crippen LogP contribution in [-0.4, -0.2) is 41.9 Å². The molecule has 0 saturated carbocycles. The van der Waals surface area contributed by atoms with Crippen molar-refractivity contribution in [2.45, 2.75) is 32.4 Å². The molecule has 1 saturated heterocycles. The van der Waals surface area contributed by atoms with Crippen LogP contribution in [-0.2, 0) is 9.84 Å². The molecule has 2 rings (SSSR count). The summed E-state index contributed by atoms with van der Waals surface area (Å²) in [6.07, 6.45) is 1.18. The number of rotatable bonds is 4. The van der Waals surface area contributed by atoms with Crippen molar-refractivity contribution in [2.75, 3.05) is 18.6 Å². The highest BCUT2D eigenvalue weighted by Crippen LogP contribution is 2.36. The van der Waals surface area contributed by atoms with Crippen molar-refractivity contribution >= 4 is 9.84 Å². The highest BCUT2D eigenvalue weighted by atomic mass is 32.2. The van der Waals surface area contributed by atoms with E-state index in [1.54, 1.807) is 10.9 Å². The van der Waals surface area contributed by atoms with Gasteiger partial charge in [0.25, 0.3) is 0 Å². The molecule has 1 fully saturated rings. The summed E-state index contributed by atoms with van der Waals surface area (Å²) in [7, 11) is -1.50. The Morgan fingerprint density at radius 1 is 1.53 bits per heavy atom. The van der Waals surface area contributed by atoms with Gasteiger partial charge in [0.2, 0.25) is 0 Å². The molecule has 19 heavy (non-hydrogen) atoms. The Morgan fingerprint density at radius 2 is 2.21 bits per heavy atom. The van der Waals surface area contributed by atoms with E-state index in [9.17, 15) is 13.5 Å². The molecule has 6 nitrogen and oxygen atoms in total. The number of hydrogen-bond acceptors (Lipinski definition) is 5. The number of nitrogens with zero attached hydrogens (tertiary/aromatic N) is 2. The Balaban J connectivity index is 2.33. The molecule has 1 aliphatic rings. The van der Waals surface area contributed by atoms with Crippen molar-refractivity contribution in [1.82, 2.24) is 9.78 Å². The number of ether oxygens (including phenoxy) is 1. The van der Waals surface area contributed by atoms with E-state index in [4.69, 9.17) is 4.74 Å². The second kappa shape index (κ2) is 5.13. The van der Waals surface area contributed by atoms with Crippen molar-refractivity contribution in [3.8, 4) is 5.75 Å². The van der Waals surface area contributed by atoms with Gasteiger partial charge >= 0.3 is 0 Å². The van der Waals surface area contributed by atoms with Gasteiger partial charge in [-0.15, -0.1) is 0 Å². The summed E-state index contributed by atoms with van der Waals surface area (Å²) in [5, 5.41) is 14.7. The fourth-order valence-electron chi connectivity index (χ4n) is 2.50. The first-order valence-corrected chi connectivity index (χ1v) is 8.17. The molecule has 0 aliphatic carbocycles. The van der Waals surface area contributed by atoms with Gasteiger partial charge in [-0.3, -0.25) is 4.68 Å². The predicted octanol–water partition coefficient (Wildman–Crippen LogP) is 0.941. The normalized spacial score (nSPS) is 23.7. The quantitative estimate of drug-likeness (QED) is 0.891. The predicted molar refractivity (Wildman–Crippen MR) is 70.9 cm³/mol. The molecule has 2 heterocycles. The molecule has 2 unspecified atom stereocenters. The Bertz CT molecular complexity index is 550. The van der Waals surface area contributed by atoms with Crippen LogP contribution in [0.4, 0.5) is 0 Å². The Morgan fingerprint density at radius 3 is 2.68 bits per heavy atom. The Labute approximate surface area is 113 Å². The van der Waals surface area contributed by atoms with Crippen LogP contribution >= 0.6 is 0 Å². The number of sulfone groups is 1. The number of hydrogen-bond donors (Lipinski definition) is 1. The summed E-state index contributed by atoms with van der Waals surface area (Å²) in [6.45, 7) is 3.90. The van der Waals surface area contributed by atoms with E-state index in [0.717, 1.165) is 0 Å². The van der Waals surface area contributed by atoms with Gasteiger partial charge in [0.15, 0.2) is 15.6 Å². The molecule has 1 aromatic rings. The first-order chi connectivity index (χ1) is 8.85. The van der Waals surface area contributed by atoms with Crippen molar-refractivity contribution in [2.24, 2.45) is 5.92 Å². The number of methoxy groups -OCH3 is 1. The average Bonchev–Trinajstić information content (AvgIpc) is 2.91. The van der Waals surface area contributed by atoms with Gasteiger partial charge in [-0.05, 0) is 20.3 Å². The highest BCUT2D eigenvalue weighted by Gasteiger charge is 2.36. The van der Waals surface area contributed by atoms with Gasteiger partial charge in [0.05, 0.1) is 24.8 Å². The van der Waals surface area contributed by atoms with Gasteiger partial charge in [-0.1, -0.05) is 0 Å². The molecule has 0 bridgehead atoms. The van der Waals surface area contributed by atoms with Gasteiger partial charge in [-0.2, -0.15) is 5.10 Å². The van der Waals surface area contributed by atoms with Crippen LogP contribution in [0.2, 0.25) is 0 Å². The highest BCUT2D eigenvalue weighted by molar-refractivity contribution is 7.91. The van der Waals surface area contributed by atoms with Crippen molar-refractivity contribution in [1.29, 1.82) is 0 Å². The van der Waals surface area contributed by atoms with E-state index in [2.05, 4.69) is 5.10 Å². The van der Waals surface area contributed by atoms with Gasteiger partial charge in [0, 0.05) is 12.0 Å². The maximum Gasteiger partial charge on any atom is 0.162 e. The maximum atomic E-state index is 11.5. The molecule has 0 aromatic carbocycles. The smallest absolute Gasteiger partial charge is 0.162 e. The fourth-order valence-corrected chi connectivity index (χ4v) is 4.33. The van der Waals surface area contributed by atoms with Crippen LogP contribution in [0, 0.1) is 5.92 Å². The summed E-state index contributed by atoms with van der Waals surface area (Å²) in [4.78, 5) is 0. The monoisotopic (exact) mass is 288 g/mol. The molecule has 0 radical (unpaired) electrons. The minimum Gasteiger partial charge on any atom is -0.493 e. The molecule has 0 spiro atoms. The summed E-state index contributed by atoms with van der Waals surface area (Å²) >= 11 is 0. The van der Waals surface area contributed by atoms with Crippen LogP contribution in [0.15, 0.2) is 6.20 Å². The molecule has 0 amide bonds. The van der Waals surface area contributed by atoms with Gasteiger partial charge < -0.3 is 9.84 Å². The SMILES string of the molecule is COc1cnn(C(C)C)c1C(O)C1CCS(=O)(=O)C1. The largest absolute Gasteiger partial charge is 0.493 e. The molecule has 1 aliphatic heterocycles. The molecular weight excluding hydrogens is 268 g/mol. The molecule has 2 atom stereocenters. The maximum absolute atomic E-state index is 11.5. The minimum absolute atomic E-state index is 0.0284. The van der Waals surface area contributed by atoms with Gasteiger partial charge in [0.1, 0.15) is 11.8 Å². The van der Waals surface area contributed by atoms with Crippen molar-refractivity contribution < 1.29 is 18.3 Å². The third-order valence-electron chi connectivity index (χ3n) is 3.50. The Kier molecular flexibility index (Phi) is 3.87. The minimum atomic E-state index is -3.01. The average molecular weight is 288 g/mol. The summed E-state index contributed by atoms with van der Waals surface area (Å²) < 4.78 is 30.0. The summed E-state index contributed by atoms with van der Waals surface area (Å²) in [5.74, 6) is 0.395. The molecule has 7 heteroatoms. The van der Waals surface area contributed by atoms with E-state index in [1.807, 2.05) is 13.8 Å². The van der Waals surface area contributed by atoms with Gasteiger partial charge in [-0.25, -0.2) is 8.42 Å². The molecule has 1 aromatic heterocycles. The standard InChI is InChI=1S/C12H20N2O4S/c1-8(2)14-11(10(18-3)6-13-14)12(15)9-4-5-19(16,17)7-9/h6,8-9,12,15H,4-5,7H2,1-3H3. The van der Waals surface area contributed by atoms with E-state index < -0.39 is 15.9 Å². The number of aliphatic hydroxyl groups excluding tert-OH is 1. The zero-order valence-corrected chi connectivity index (χ0v) is 12.2. The molecule has 108 valence electrons. The van der Waals surface area contributed by atoms with Crippen LogP contribution in [0.5, 0.6) is 5.75 Å². The first-order valence-electron chi connectivity index (χ1n) is 6.35. The second-order valence-corrected chi connectivity index (χ2v) is 7.47. The van der Waals surface area contributed by atoms with Crippen molar-refractivity contribution in [3.63, 3.8) is 0 Å². The summed E-state index contributed by atoms with van der Waals surface area (Å²) in [5.41, 5.74) is 0.569. The van der Waals surface area contributed by atoms with Crippen LogP contribution in [0.25, 0.3) is 0 Å². The third kappa shape index (κ3) is 2.76. The molecule has 1 N–H and O–H groups in total. The number of aromatic nitrogens is 2. The topological polar surface area (TPSA) is 81.4 Å². The zero-order valence-electron chi connectivity index (χ0n) is 11.4. The second-order valence-electron chi connectivity index (χ2n) is 5.24. The van der Waals surface area contributed by atoms with E-state index in [0.29, 0.717) is 17.9 Å². The fraction of sp³-hybridized carbons (Fsp3) is 0.750. The van der Waals surface area contributed by atoms with E-state index >= 15 is 0 Å². The van der Waals surface area contributed by atoms with Crippen LogP contribution in [0.3, 0.4) is 0 Å². The Hall–Kier alpha value is -1.08. The zero-order chi connectivity index (χ0) is 14.2. The lowest BCUT2D eigenvalue weighted by molar-refractivity contribution is 0.106. The summed E-state index contributed by atoms with van der Waals surface area (Å²) in [6, 6.07) is 0.0755.